The van der Waals surface area contributed by atoms with E-state index in [1.165, 1.54) is 11.1 Å². The lowest BCUT2D eigenvalue weighted by Gasteiger charge is -2.25. The molecule has 1 aromatic carbocycles. The van der Waals surface area contributed by atoms with Gasteiger partial charge in [-0.15, -0.1) is 0 Å². The van der Waals surface area contributed by atoms with Gasteiger partial charge < -0.3 is 10.1 Å². The molecule has 19 heavy (non-hydrogen) atoms. The number of nitrogens with one attached hydrogen (secondary N) is 1. The Balaban J connectivity index is 2.81. The molecule has 2 atom stereocenters. The molecule has 108 valence electrons. The minimum Gasteiger partial charge on any atom is -0.489 e. The highest BCUT2D eigenvalue weighted by Crippen LogP contribution is 2.28. The van der Waals surface area contributed by atoms with Crippen molar-refractivity contribution in [3.05, 3.63) is 29.3 Å². The molecule has 2 nitrogen and oxygen atoms in total. The molecule has 2 unspecified atom stereocenters. The first-order valence-corrected chi connectivity index (χ1v) is 7.27. The molecule has 0 saturated heterocycles. The lowest BCUT2D eigenvalue weighted by molar-refractivity contribution is 0.178. The summed E-state index contributed by atoms with van der Waals surface area (Å²) in [5.41, 5.74) is 2.75. The average molecular weight is 263 g/mol. The van der Waals surface area contributed by atoms with Crippen molar-refractivity contribution in [1.82, 2.24) is 5.32 Å². The van der Waals surface area contributed by atoms with Crippen molar-refractivity contribution in [1.29, 1.82) is 0 Å². The molecule has 1 aromatic rings. The van der Waals surface area contributed by atoms with Crippen molar-refractivity contribution in [2.75, 3.05) is 6.54 Å². The molecule has 0 spiro atoms. The molecule has 0 aliphatic carbocycles. The third kappa shape index (κ3) is 4.54. The highest BCUT2D eigenvalue weighted by Gasteiger charge is 2.17. The van der Waals surface area contributed by atoms with Crippen LogP contribution in [0.25, 0.3) is 0 Å². The summed E-state index contributed by atoms with van der Waals surface area (Å²) < 4.78 is 6.06. The van der Waals surface area contributed by atoms with Gasteiger partial charge in [0.25, 0.3) is 0 Å². The maximum Gasteiger partial charge on any atom is 0.122 e. The Bertz CT molecular complexity index is 406. The number of rotatable bonds is 5. The maximum atomic E-state index is 6.06. The molecule has 0 aromatic heterocycles. The van der Waals surface area contributed by atoms with E-state index in [4.69, 9.17) is 4.74 Å². The Morgan fingerprint density at radius 1 is 1.21 bits per heavy atom. The van der Waals surface area contributed by atoms with E-state index < -0.39 is 0 Å². The van der Waals surface area contributed by atoms with Crippen LogP contribution in [0.5, 0.6) is 5.75 Å². The quantitative estimate of drug-likeness (QED) is 0.865. The minimum atomic E-state index is 0.166. The number of aryl methyl sites for hydroxylation is 1. The van der Waals surface area contributed by atoms with Crippen LogP contribution < -0.4 is 10.1 Å². The van der Waals surface area contributed by atoms with Crippen LogP contribution in [0.3, 0.4) is 0 Å². The van der Waals surface area contributed by atoms with Crippen molar-refractivity contribution in [3.8, 4) is 5.75 Å². The summed E-state index contributed by atoms with van der Waals surface area (Å²) in [6, 6.07) is 6.87. The number of hydrogen-bond donors (Lipinski definition) is 1. The Kier molecular flexibility index (Phi) is 5.42. The summed E-state index contributed by atoms with van der Waals surface area (Å²) in [5.74, 6) is 0.991. The molecule has 0 radical (unpaired) electrons. The summed E-state index contributed by atoms with van der Waals surface area (Å²) in [4.78, 5) is 0. The van der Waals surface area contributed by atoms with Gasteiger partial charge in [-0.2, -0.15) is 0 Å². The van der Waals surface area contributed by atoms with Crippen LogP contribution in [-0.4, -0.2) is 18.7 Å². The zero-order valence-corrected chi connectivity index (χ0v) is 13.5. The first-order valence-electron chi connectivity index (χ1n) is 7.27. The normalized spacial score (nSPS) is 15.1. The van der Waals surface area contributed by atoms with E-state index in [1.54, 1.807) is 0 Å². The van der Waals surface area contributed by atoms with Crippen LogP contribution in [-0.2, 0) is 5.41 Å². The van der Waals surface area contributed by atoms with Crippen molar-refractivity contribution in [2.24, 2.45) is 0 Å². The van der Waals surface area contributed by atoms with E-state index in [2.05, 4.69) is 72.0 Å². The molecule has 1 N–H and O–H groups in total. The number of benzene rings is 1. The molecule has 0 aliphatic heterocycles. The van der Waals surface area contributed by atoms with E-state index in [1.807, 2.05) is 0 Å². The number of hydrogen-bond acceptors (Lipinski definition) is 2. The summed E-state index contributed by atoms with van der Waals surface area (Å²) in [7, 11) is 0. The minimum absolute atomic E-state index is 0.166. The van der Waals surface area contributed by atoms with Gasteiger partial charge in [0.1, 0.15) is 11.9 Å². The van der Waals surface area contributed by atoms with E-state index in [0.717, 1.165) is 12.3 Å². The van der Waals surface area contributed by atoms with Gasteiger partial charge in [0, 0.05) is 6.04 Å². The second-order valence-electron chi connectivity index (χ2n) is 6.40. The van der Waals surface area contributed by atoms with Crippen molar-refractivity contribution in [3.63, 3.8) is 0 Å². The third-order valence-electron chi connectivity index (χ3n) is 3.58. The van der Waals surface area contributed by atoms with Crippen molar-refractivity contribution in [2.45, 2.75) is 66.0 Å². The zero-order chi connectivity index (χ0) is 14.6. The van der Waals surface area contributed by atoms with Crippen LogP contribution in [0.15, 0.2) is 18.2 Å². The predicted molar refractivity (Wildman–Crippen MR) is 83.1 cm³/mol. The molecule has 0 saturated carbocycles. The van der Waals surface area contributed by atoms with Crippen LogP contribution in [0.4, 0.5) is 0 Å². The lowest BCUT2D eigenvalue weighted by Crippen LogP contribution is -2.38. The maximum absolute atomic E-state index is 6.06. The lowest BCUT2D eigenvalue weighted by atomic mass is 9.86. The van der Waals surface area contributed by atoms with E-state index in [9.17, 15) is 0 Å². The summed E-state index contributed by atoms with van der Waals surface area (Å²) in [6.07, 6.45) is 0.166. The van der Waals surface area contributed by atoms with Gasteiger partial charge in [-0.05, 0) is 49.9 Å². The standard InChI is InChI=1S/C17H29NO/c1-8-18-13(3)14(4)19-16-10-9-15(11-12(16)2)17(5,6)7/h9-11,13-14,18H,8H2,1-7H3. The van der Waals surface area contributed by atoms with Crippen molar-refractivity contribution < 1.29 is 4.74 Å². The molecule has 0 bridgehead atoms. The van der Waals surface area contributed by atoms with Crippen LogP contribution in [0.1, 0.15) is 52.7 Å². The number of likely N-dealkylation sites (N-methyl/N-ethyl adjacent to an activating group) is 1. The molecule has 0 amide bonds. The Morgan fingerprint density at radius 3 is 2.32 bits per heavy atom. The smallest absolute Gasteiger partial charge is 0.122 e. The highest BCUT2D eigenvalue weighted by molar-refractivity contribution is 5.38. The van der Waals surface area contributed by atoms with Gasteiger partial charge in [-0.3, -0.25) is 0 Å². The van der Waals surface area contributed by atoms with E-state index >= 15 is 0 Å². The fraction of sp³-hybridized carbons (Fsp3) is 0.647. The fourth-order valence-corrected chi connectivity index (χ4v) is 2.04. The molecule has 1 rings (SSSR count). The van der Waals surface area contributed by atoms with Gasteiger partial charge in [0.2, 0.25) is 0 Å². The van der Waals surface area contributed by atoms with Gasteiger partial charge in [0.15, 0.2) is 0 Å². The molecule has 0 heterocycles. The van der Waals surface area contributed by atoms with Gasteiger partial charge in [0.05, 0.1) is 0 Å². The van der Waals surface area contributed by atoms with Crippen molar-refractivity contribution >= 4 is 0 Å². The van der Waals surface area contributed by atoms with Gasteiger partial charge >= 0.3 is 0 Å². The van der Waals surface area contributed by atoms with Crippen LogP contribution in [0, 0.1) is 6.92 Å². The topological polar surface area (TPSA) is 21.3 Å². The van der Waals surface area contributed by atoms with E-state index in [0.29, 0.717) is 6.04 Å². The second kappa shape index (κ2) is 6.42. The van der Waals surface area contributed by atoms with Crippen LogP contribution in [0.2, 0.25) is 0 Å². The van der Waals surface area contributed by atoms with E-state index in [-0.39, 0.29) is 11.5 Å². The zero-order valence-electron chi connectivity index (χ0n) is 13.5. The van der Waals surface area contributed by atoms with Crippen LogP contribution >= 0.6 is 0 Å². The monoisotopic (exact) mass is 263 g/mol. The first kappa shape index (κ1) is 16.0. The SMILES string of the molecule is CCNC(C)C(C)Oc1ccc(C(C)(C)C)cc1C. The van der Waals surface area contributed by atoms with Gasteiger partial charge in [-0.25, -0.2) is 0 Å². The predicted octanol–water partition coefficient (Wildman–Crippen LogP) is 4.06. The molecular formula is C17H29NO. The number of ether oxygens (including phenoxy) is 1. The summed E-state index contributed by atoms with van der Waals surface area (Å²) in [5, 5.41) is 3.40. The second-order valence-corrected chi connectivity index (χ2v) is 6.40. The summed E-state index contributed by atoms with van der Waals surface area (Å²) >= 11 is 0. The molecule has 2 heteroatoms. The first-order chi connectivity index (χ1) is 8.75. The molecule has 0 aliphatic rings. The largest absolute Gasteiger partial charge is 0.489 e. The Hall–Kier alpha value is -1.02. The average Bonchev–Trinajstić information content (AvgIpc) is 2.30. The fourth-order valence-electron chi connectivity index (χ4n) is 2.04. The molecule has 0 fully saturated rings. The third-order valence-corrected chi connectivity index (χ3v) is 3.58. The Labute approximate surface area is 118 Å². The molecular weight excluding hydrogens is 234 g/mol. The summed E-state index contributed by atoms with van der Waals surface area (Å²) in [6.45, 7) is 16.2. The Morgan fingerprint density at radius 2 is 1.84 bits per heavy atom. The van der Waals surface area contributed by atoms with Gasteiger partial charge in [-0.1, -0.05) is 39.8 Å². The highest BCUT2D eigenvalue weighted by atomic mass is 16.5.